The standard InChI is InChI=1S/C12H22O2S2/c1-9(11(13)5-7-15-3)10(2)12(14)6-8-16-4/h9-10H,5-8H2,1-4H3/t9-,10?/m0/s1. The van der Waals surface area contributed by atoms with Crippen LogP contribution in [-0.4, -0.2) is 35.6 Å². The van der Waals surface area contributed by atoms with Gasteiger partial charge in [-0.05, 0) is 24.0 Å². The van der Waals surface area contributed by atoms with Gasteiger partial charge in [0.1, 0.15) is 11.6 Å². The third-order valence-corrected chi connectivity index (χ3v) is 4.10. The molecule has 0 N–H and O–H groups in total. The van der Waals surface area contributed by atoms with Crippen LogP contribution in [0.25, 0.3) is 0 Å². The summed E-state index contributed by atoms with van der Waals surface area (Å²) >= 11 is 3.34. The van der Waals surface area contributed by atoms with Crippen molar-refractivity contribution >= 4 is 35.1 Å². The Hall–Kier alpha value is 0.0400. The Morgan fingerprint density at radius 2 is 1.19 bits per heavy atom. The quantitative estimate of drug-likeness (QED) is 0.640. The van der Waals surface area contributed by atoms with E-state index in [1.54, 1.807) is 23.5 Å². The summed E-state index contributed by atoms with van der Waals surface area (Å²) in [5, 5.41) is 0. The van der Waals surface area contributed by atoms with Crippen LogP contribution in [0.3, 0.4) is 0 Å². The molecule has 0 spiro atoms. The van der Waals surface area contributed by atoms with Gasteiger partial charge in [-0.25, -0.2) is 0 Å². The number of hydrogen-bond acceptors (Lipinski definition) is 4. The SMILES string of the molecule is CSCCC(=O)C(C)[C@H](C)C(=O)CCSC. The predicted octanol–water partition coefficient (Wildman–Crippen LogP) is 2.90. The van der Waals surface area contributed by atoms with Gasteiger partial charge in [-0.15, -0.1) is 0 Å². The van der Waals surface area contributed by atoms with Gasteiger partial charge in [-0.1, -0.05) is 13.8 Å². The zero-order chi connectivity index (χ0) is 12.6. The highest BCUT2D eigenvalue weighted by Crippen LogP contribution is 2.18. The molecule has 0 heterocycles. The summed E-state index contributed by atoms with van der Waals surface area (Å²) in [6.45, 7) is 3.76. The summed E-state index contributed by atoms with van der Waals surface area (Å²) in [6, 6.07) is 0. The molecule has 16 heavy (non-hydrogen) atoms. The summed E-state index contributed by atoms with van der Waals surface area (Å²) in [5.41, 5.74) is 0. The molecule has 2 nitrogen and oxygen atoms in total. The lowest BCUT2D eigenvalue weighted by Crippen LogP contribution is -2.26. The molecule has 4 heteroatoms. The molecular weight excluding hydrogens is 240 g/mol. The Bertz CT molecular complexity index is 205. The molecule has 0 rings (SSSR count). The molecule has 0 saturated heterocycles. The molecule has 0 saturated carbocycles. The van der Waals surface area contributed by atoms with Gasteiger partial charge in [0.2, 0.25) is 0 Å². The molecular formula is C12H22O2S2. The average Bonchev–Trinajstić information content (AvgIpc) is 2.30. The van der Waals surface area contributed by atoms with E-state index in [4.69, 9.17) is 0 Å². The Labute approximate surface area is 107 Å². The molecule has 0 aliphatic carbocycles. The van der Waals surface area contributed by atoms with Crippen LogP contribution in [-0.2, 0) is 9.59 Å². The van der Waals surface area contributed by atoms with E-state index in [2.05, 4.69) is 0 Å². The van der Waals surface area contributed by atoms with Gasteiger partial charge in [0.05, 0.1) is 0 Å². The second-order valence-corrected chi connectivity index (χ2v) is 5.97. The number of carbonyl (C=O) groups is 2. The van der Waals surface area contributed by atoms with Crippen molar-refractivity contribution in [2.24, 2.45) is 11.8 Å². The second kappa shape index (κ2) is 9.11. The highest BCUT2D eigenvalue weighted by atomic mass is 32.2. The first-order valence-corrected chi connectivity index (χ1v) is 8.36. The Morgan fingerprint density at radius 3 is 1.44 bits per heavy atom. The van der Waals surface area contributed by atoms with Crippen molar-refractivity contribution < 1.29 is 9.59 Å². The lowest BCUT2D eigenvalue weighted by molar-refractivity contribution is -0.130. The first-order valence-electron chi connectivity index (χ1n) is 5.57. The van der Waals surface area contributed by atoms with Crippen molar-refractivity contribution in [1.82, 2.24) is 0 Å². The lowest BCUT2D eigenvalue weighted by Gasteiger charge is -2.17. The van der Waals surface area contributed by atoms with Gasteiger partial charge in [0.25, 0.3) is 0 Å². The van der Waals surface area contributed by atoms with Gasteiger partial charge in [0.15, 0.2) is 0 Å². The highest BCUT2D eigenvalue weighted by molar-refractivity contribution is 7.98. The second-order valence-electron chi connectivity index (χ2n) is 4.00. The minimum Gasteiger partial charge on any atom is -0.299 e. The van der Waals surface area contributed by atoms with E-state index in [0.717, 1.165) is 11.5 Å². The van der Waals surface area contributed by atoms with Crippen molar-refractivity contribution in [3.63, 3.8) is 0 Å². The Balaban J connectivity index is 4.09. The fourth-order valence-electron chi connectivity index (χ4n) is 1.42. The first-order chi connectivity index (χ1) is 7.54. The fourth-order valence-corrected chi connectivity index (χ4v) is 2.23. The normalized spacial score (nSPS) is 14.5. The van der Waals surface area contributed by atoms with Gasteiger partial charge in [0, 0.05) is 24.7 Å². The monoisotopic (exact) mass is 262 g/mol. The van der Waals surface area contributed by atoms with Gasteiger partial charge < -0.3 is 0 Å². The minimum absolute atomic E-state index is 0.124. The van der Waals surface area contributed by atoms with Crippen LogP contribution in [0.15, 0.2) is 0 Å². The molecule has 94 valence electrons. The van der Waals surface area contributed by atoms with Crippen LogP contribution < -0.4 is 0 Å². The molecule has 1 unspecified atom stereocenters. The average molecular weight is 262 g/mol. The first kappa shape index (κ1) is 16.0. The third-order valence-electron chi connectivity index (χ3n) is 2.87. The van der Waals surface area contributed by atoms with Gasteiger partial charge in [-0.2, -0.15) is 23.5 Å². The van der Waals surface area contributed by atoms with E-state index >= 15 is 0 Å². The van der Waals surface area contributed by atoms with Crippen molar-refractivity contribution in [3.05, 3.63) is 0 Å². The lowest BCUT2D eigenvalue weighted by atomic mass is 9.86. The van der Waals surface area contributed by atoms with Crippen LogP contribution in [0.4, 0.5) is 0 Å². The van der Waals surface area contributed by atoms with Crippen LogP contribution in [0.2, 0.25) is 0 Å². The van der Waals surface area contributed by atoms with E-state index < -0.39 is 0 Å². The summed E-state index contributed by atoms with van der Waals surface area (Å²) in [7, 11) is 0. The Kier molecular flexibility index (Phi) is 9.13. The molecule has 0 fully saturated rings. The van der Waals surface area contributed by atoms with E-state index in [0.29, 0.717) is 12.8 Å². The Morgan fingerprint density at radius 1 is 0.875 bits per heavy atom. The summed E-state index contributed by atoms with van der Waals surface area (Å²) in [5.74, 6) is 1.91. The zero-order valence-corrected chi connectivity index (χ0v) is 12.2. The van der Waals surface area contributed by atoms with E-state index in [1.165, 1.54) is 0 Å². The van der Waals surface area contributed by atoms with E-state index in [9.17, 15) is 9.59 Å². The van der Waals surface area contributed by atoms with Crippen LogP contribution in [0.1, 0.15) is 26.7 Å². The molecule has 0 aromatic rings. The van der Waals surface area contributed by atoms with Crippen molar-refractivity contribution in [1.29, 1.82) is 0 Å². The van der Waals surface area contributed by atoms with E-state index in [-0.39, 0.29) is 23.4 Å². The van der Waals surface area contributed by atoms with Crippen LogP contribution >= 0.6 is 23.5 Å². The largest absolute Gasteiger partial charge is 0.299 e. The number of ketones is 2. The minimum atomic E-state index is -0.124. The van der Waals surface area contributed by atoms with Crippen LogP contribution in [0.5, 0.6) is 0 Å². The van der Waals surface area contributed by atoms with Gasteiger partial charge >= 0.3 is 0 Å². The van der Waals surface area contributed by atoms with E-state index in [1.807, 2.05) is 26.4 Å². The topological polar surface area (TPSA) is 34.1 Å². The fraction of sp³-hybridized carbons (Fsp3) is 0.833. The maximum Gasteiger partial charge on any atom is 0.137 e. The predicted molar refractivity (Wildman–Crippen MR) is 74.3 cm³/mol. The summed E-state index contributed by atoms with van der Waals surface area (Å²) in [4.78, 5) is 23.5. The number of rotatable bonds is 9. The van der Waals surface area contributed by atoms with Gasteiger partial charge in [-0.3, -0.25) is 9.59 Å². The van der Waals surface area contributed by atoms with Crippen molar-refractivity contribution in [3.8, 4) is 0 Å². The summed E-state index contributed by atoms with van der Waals surface area (Å²) < 4.78 is 0. The molecule has 0 aliphatic heterocycles. The third kappa shape index (κ3) is 5.94. The molecule has 0 aromatic heterocycles. The molecule has 0 aliphatic rings. The zero-order valence-electron chi connectivity index (χ0n) is 10.6. The molecule has 0 radical (unpaired) electrons. The highest BCUT2D eigenvalue weighted by Gasteiger charge is 2.24. The van der Waals surface area contributed by atoms with Crippen molar-refractivity contribution in [2.45, 2.75) is 26.7 Å². The smallest absolute Gasteiger partial charge is 0.137 e. The number of thioether (sulfide) groups is 2. The molecule has 0 amide bonds. The molecule has 0 bridgehead atoms. The maximum absolute atomic E-state index is 11.8. The summed E-state index contributed by atoms with van der Waals surface area (Å²) in [6.07, 6.45) is 5.15. The molecule has 0 aromatic carbocycles. The number of carbonyl (C=O) groups excluding carboxylic acids is 2. The maximum atomic E-state index is 11.8. The van der Waals surface area contributed by atoms with Crippen molar-refractivity contribution in [2.75, 3.05) is 24.0 Å². The number of hydrogen-bond donors (Lipinski definition) is 0. The van der Waals surface area contributed by atoms with Crippen LogP contribution in [0, 0.1) is 11.8 Å². The number of Topliss-reactive ketones (excluding diaryl/α,β-unsaturated/α-hetero) is 2. The molecule has 2 atom stereocenters.